The van der Waals surface area contributed by atoms with Crippen LogP contribution in [0, 0.1) is 22.9 Å². The molecule has 0 radical (unpaired) electrons. The zero-order valence-corrected chi connectivity index (χ0v) is 23.6. The molecule has 3 aromatic heterocycles. The van der Waals surface area contributed by atoms with Gasteiger partial charge in [0.05, 0.1) is 28.9 Å². The molecule has 0 aliphatic heterocycles. The largest absolute Gasteiger partial charge is 0.336 e. The molecular weight excluding hydrogens is 557 g/mol. The molecule has 0 spiro atoms. The van der Waals surface area contributed by atoms with Crippen molar-refractivity contribution in [3.8, 4) is 34.0 Å². The van der Waals surface area contributed by atoms with Gasteiger partial charge in [0.2, 0.25) is 5.95 Å². The van der Waals surface area contributed by atoms with Crippen molar-refractivity contribution < 1.29 is 25.9 Å². The second-order valence-electron chi connectivity index (χ2n) is 10.7. The molecule has 2 N–H and O–H groups in total. The number of halogens is 3. The first-order chi connectivity index (χ1) is 19.2. The van der Waals surface area contributed by atoms with Crippen LogP contribution in [0.25, 0.3) is 45.2 Å². The Bertz CT molecular complexity index is 1840. The van der Waals surface area contributed by atoms with Gasteiger partial charge in [0, 0.05) is 11.6 Å². The second kappa shape index (κ2) is 10.3. The molecule has 1 unspecified atom stereocenters. The summed E-state index contributed by atoms with van der Waals surface area (Å²) >= 11 is 0. The average molecular weight is 585 g/mol. The first-order valence-corrected chi connectivity index (χ1v) is 14.4. The number of aromatic amines is 1. The van der Waals surface area contributed by atoms with E-state index in [1.165, 1.54) is 30.3 Å². The van der Waals surface area contributed by atoms with E-state index in [0.29, 0.717) is 33.8 Å². The Hall–Kier alpha value is -4.23. The molecule has 0 aliphatic carbocycles. The smallest absolute Gasteiger partial charge is 0.285 e. The molecule has 214 valence electrons. The van der Waals surface area contributed by atoms with Crippen LogP contribution in [0.3, 0.4) is 0 Å². The summed E-state index contributed by atoms with van der Waals surface area (Å²) in [5.41, 5.74) is 4.05. The first-order valence-electron chi connectivity index (χ1n) is 12.6. The zero-order valence-electron chi connectivity index (χ0n) is 22.8. The number of benzene rings is 2. The van der Waals surface area contributed by atoms with Gasteiger partial charge in [-0.3, -0.25) is 4.57 Å². The van der Waals surface area contributed by atoms with Gasteiger partial charge in [-0.05, 0) is 60.9 Å². The molecule has 0 saturated carbocycles. The fourth-order valence-electron chi connectivity index (χ4n) is 4.27. The predicted molar refractivity (Wildman–Crippen MR) is 150 cm³/mol. The summed E-state index contributed by atoms with van der Waals surface area (Å²) in [6.07, 6.45) is 0.905. The molecule has 0 amide bonds. The van der Waals surface area contributed by atoms with Gasteiger partial charge < -0.3 is 4.98 Å². The van der Waals surface area contributed by atoms with Crippen LogP contribution in [-0.4, -0.2) is 39.2 Å². The summed E-state index contributed by atoms with van der Waals surface area (Å²) in [6.45, 7) is 7.95. The number of rotatable bonds is 7. The lowest BCUT2D eigenvalue weighted by atomic mass is 9.88. The number of hydrogen-bond acceptors (Lipinski definition) is 7. The SMILES string of the molecule is CC(n1c(NOS(C)(=O)=O)nc2ccc(-c3[nH]c(-c4c(F)cccc4F)nc3-c3ccc(F)cc3)nc21)C(C)(C)C. The molecular formula is C28H27F3N6O3S. The highest BCUT2D eigenvalue weighted by Gasteiger charge is 2.28. The molecule has 5 rings (SSSR count). The van der Waals surface area contributed by atoms with Crippen molar-refractivity contribution in [2.75, 3.05) is 11.7 Å². The van der Waals surface area contributed by atoms with Gasteiger partial charge in [-0.2, -0.15) is 8.42 Å². The summed E-state index contributed by atoms with van der Waals surface area (Å²) in [5.74, 6) is -2.02. The third-order valence-electron chi connectivity index (χ3n) is 6.74. The molecule has 0 aliphatic rings. The Morgan fingerprint density at radius 1 is 0.951 bits per heavy atom. The molecule has 3 heterocycles. The lowest BCUT2D eigenvalue weighted by molar-refractivity contribution is 0.264. The number of imidazole rings is 2. The van der Waals surface area contributed by atoms with Crippen molar-refractivity contribution in [3.05, 3.63) is 72.0 Å². The highest BCUT2D eigenvalue weighted by molar-refractivity contribution is 7.86. The summed E-state index contributed by atoms with van der Waals surface area (Å²) in [5, 5.41) is 0. The van der Waals surface area contributed by atoms with Crippen molar-refractivity contribution in [2.24, 2.45) is 5.41 Å². The number of nitrogens with one attached hydrogen (secondary N) is 2. The standard InChI is InChI=1S/C28H27F3N6O3S/c1-15(28(2,3)4)37-26-21(33-27(37)36-40-41(5,38)39)14-13-20(32-26)24-23(16-9-11-17(29)12-10-16)34-25(35-24)22-18(30)7-6-8-19(22)31/h6-15H,1-5H3,(H,33,36)(H,34,35). The van der Waals surface area contributed by atoms with E-state index in [9.17, 15) is 21.6 Å². The maximum atomic E-state index is 14.7. The van der Waals surface area contributed by atoms with Gasteiger partial charge >= 0.3 is 0 Å². The number of anilines is 1. The van der Waals surface area contributed by atoms with Gasteiger partial charge in [0.15, 0.2) is 5.65 Å². The Labute approximate surface area is 234 Å². The third kappa shape index (κ3) is 5.68. The summed E-state index contributed by atoms with van der Waals surface area (Å²) in [7, 11) is -3.84. The van der Waals surface area contributed by atoms with Crippen LogP contribution in [0.2, 0.25) is 0 Å². The summed E-state index contributed by atoms with van der Waals surface area (Å²) in [6, 6.07) is 12.1. The summed E-state index contributed by atoms with van der Waals surface area (Å²) in [4.78, 5) is 16.8. The number of pyridine rings is 1. The van der Waals surface area contributed by atoms with Crippen molar-refractivity contribution in [1.82, 2.24) is 24.5 Å². The van der Waals surface area contributed by atoms with Gasteiger partial charge in [-0.1, -0.05) is 26.8 Å². The highest BCUT2D eigenvalue weighted by Crippen LogP contribution is 2.38. The van der Waals surface area contributed by atoms with Crippen molar-refractivity contribution in [1.29, 1.82) is 0 Å². The molecule has 9 nitrogen and oxygen atoms in total. The second-order valence-corrected chi connectivity index (χ2v) is 12.3. The maximum Gasteiger partial charge on any atom is 0.285 e. The average Bonchev–Trinajstić information content (AvgIpc) is 3.48. The molecule has 5 aromatic rings. The third-order valence-corrected chi connectivity index (χ3v) is 7.13. The number of hydrogen-bond donors (Lipinski definition) is 2. The zero-order chi connectivity index (χ0) is 29.7. The van der Waals surface area contributed by atoms with Crippen LogP contribution >= 0.6 is 0 Å². The minimum absolute atomic E-state index is 0.0719. The fraction of sp³-hybridized carbons (Fsp3) is 0.250. The van der Waals surface area contributed by atoms with Gasteiger partial charge in [0.1, 0.15) is 28.8 Å². The van der Waals surface area contributed by atoms with E-state index in [-0.39, 0.29) is 28.8 Å². The van der Waals surface area contributed by atoms with Crippen molar-refractivity contribution in [3.63, 3.8) is 0 Å². The molecule has 0 fully saturated rings. The minimum atomic E-state index is -3.84. The van der Waals surface area contributed by atoms with Gasteiger partial charge in [-0.15, -0.1) is 4.28 Å². The highest BCUT2D eigenvalue weighted by atomic mass is 32.2. The normalized spacial score (nSPS) is 13.1. The summed E-state index contributed by atoms with van der Waals surface area (Å²) < 4.78 is 73.0. The van der Waals surface area contributed by atoms with Gasteiger partial charge in [-0.25, -0.2) is 33.6 Å². The lowest BCUT2D eigenvalue weighted by Gasteiger charge is -2.29. The van der Waals surface area contributed by atoms with Crippen LogP contribution in [0.1, 0.15) is 33.7 Å². The predicted octanol–water partition coefficient (Wildman–Crippen LogP) is 6.48. The van der Waals surface area contributed by atoms with Crippen molar-refractivity contribution >= 4 is 27.2 Å². The molecule has 41 heavy (non-hydrogen) atoms. The van der Waals surface area contributed by atoms with E-state index in [1.54, 1.807) is 16.7 Å². The molecule has 13 heteroatoms. The molecule has 0 saturated heterocycles. The van der Waals surface area contributed by atoms with E-state index in [0.717, 1.165) is 18.4 Å². The van der Waals surface area contributed by atoms with Crippen LogP contribution < -0.4 is 5.48 Å². The van der Waals surface area contributed by atoms with Crippen LogP contribution in [0.4, 0.5) is 19.1 Å². The van der Waals surface area contributed by atoms with E-state index < -0.39 is 27.6 Å². The maximum absolute atomic E-state index is 14.7. The number of fused-ring (bicyclic) bond motifs is 1. The van der Waals surface area contributed by atoms with E-state index in [4.69, 9.17) is 9.27 Å². The van der Waals surface area contributed by atoms with Gasteiger partial charge in [0.25, 0.3) is 10.1 Å². The topological polar surface area (TPSA) is 115 Å². The Morgan fingerprint density at radius 3 is 2.22 bits per heavy atom. The molecule has 0 bridgehead atoms. The number of H-pyrrole nitrogens is 1. The Morgan fingerprint density at radius 2 is 1.61 bits per heavy atom. The van der Waals surface area contributed by atoms with Crippen LogP contribution in [0.5, 0.6) is 0 Å². The minimum Gasteiger partial charge on any atom is -0.336 e. The quantitative estimate of drug-likeness (QED) is 0.210. The first kappa shape index (κ1) is 28.3. The number of aromatic nitrogens is 5. The molecule has 1 atom stereocenters. The number of nitrogens with zero attached hydrogens (tertiary/aromatic N) is 4. The van der Waals surface area contributed by atoms with Crippen LogP contribution in [0.15, 0.2) is 54.6 Å². The van der Waals surface area contributed by atoms with Crippen molar-refractivity contribution in [2.45, 2.75) is 33.7 Å². The Balaban J connectivity index is 1.74. The lowest BCUT2D eigenvalue weighted by Crippen LogP contribution is -2.24. The van der Waals surface area contributed by atoms with E-state index in [2.05, 4.69) is 20.4 Å². The Kier molecular flexibility index (Phi) is 7.12. The van der Waals surface area contributed by atoms with E-state index >= 15 is 0 Å². The fourth-order valence-corrected chi connectivity index (χ4v) is 4.50. The van der Waals surface area contributed by atoms with E-state index in [1.807, 2.05) is 27.7 Å². The van der Waals surface area contributed by atoms with Crippen LogP contribution in [-0.2, 0) is 14.4 Å². The monoisotopic (exact) mass is 584 g/mol. The molecule has 2 aromatic carbocycles.